The molecule has 2 rings (SSSR count). The number of hydrogen-bond acceptors (Lipinski definition) is 4. The van der Waals surface area contributed by atoms with E-state index in [1.807, 2.05) is 24.3 Å². The van der Waals surface area contributed by atoms with Crippen molar-refractivity contribution in [2.24, 2.45) is 0 Å². The fourth-order valence-electron chi connectivity index (χ4n) is 2.26. The van der Waals surface area contributed by atoms with Gasteiger partial charge in [-0.05, 0) is 18.6 Å². The second kappa shape index (κ2) is 7.08. The van der Waals surface area contributed by atoms with Crippen LogP contribution in [0.4, 0.5) is 5.69 Å². The fourth-order valence-corrected chi connectivity index (χ4v) is 2.26. The molecular weight excluding hydrogens is 270 g/mol. The molecule has 21 heavy (non-hydrogen) atoms. The van der Waals surface area contributed by atoms with Crippen molar-refractivity contribution in [3.63, 3.8) is 0 Å². The molecule has 0 radical (unpaired) electrons. The summed E-state index contributed by atoms with van der Waals surface area (Å²) in [5, 5.41) is 8.59. The van der Waals surface area contributed by atoms with Crippen molar-refractivity contribution in [1.29, 1.82) is 0 Å². The molecule has 114 valence electrons. The maximum absolute atomic E-state index is 12.2. The molecule has 6 nitrogen and oxygen atoms in total. The second-order valence-electron chi connectivity index (χ2n) is 5.07. The molecule has 1 unspecified atom stereocenters. The lowest BCUT2D eigenvalue weighted by molar-refractivity contribution is -0.129. The quantitative estimate of drug-likeness (QED) is 0.658. The number of benzene rings is 1. The molecule has 3 N–H and O–H groups in total. The van der Waals surface area contributed by atoms with Gasteiger partial charge in [0.2, 0.25) is 11.8 Å². The lowest BCUT2D eigenvalue weighted by Gasteiger charge is -2.17. The van der Waals surface area contributed by atoms with Crippen LogP contribution in [0.5, 0.6) is 0 Å². The summed E-state index contributed by atoms with van der Waals surface area (Å²) < 4.78 is 4.86. The molecular formula is C15H21N3O3. The van der Waals surface area contributed by atoms with E-state index in [0.29, 0.717) is 19.6 Å². The molecule has 0 aromatic heterocycles. The molecule has 2 atom stereocenters. The smallest absolute Gasteiger partial charge is 0.243 e. The molecule has 0 fully saturated rings. The minimum Gasteiger partial charge on any atom is -0.383 e. The number of anilines is 1. The maximum atomic E-state index is 12.2. The summed E-state index contributed by atoms with van der Waals surface area (Å²) in [6.07, 6.45) is 0.639. The Morgan fingerprint density at radius 1 is 1.43 bits per heavy atom. The van der Waals surface area contributed by atoms with Crippen molar-refractivity contribution < 1.29 is 14.3 Å². The molecule has 0 spiro atoms. The van der Waals surface area contributed by atoms with E-state index in [-0.39, 0.29) is 17.9 Å². The Morgan fingerprint density at radius 2 is 2.19 bits per heavy atom. The number of hydrogen-bond donors (Lipinski definition) is 3. The Hall–Kier alpha value is -2.08. The van der Waals surface area contributed by atoms with Gasteiger partial charge in [0.25, 0.3) is 0 Å². The largest absolute Gasteiger partial charge is 0.383 e. The Balaban J connectivity index is 1.81. The Bertz CT molecular complexity index is 494. The fraction of sp³-hybridized carbons (Fsp3) is 0.467. The minimum absolute atomic E-state index is 0.166. The topological polar surface area (TPSA) is 79.5 Å². The maximum Gasteiger partial charge on any atom is 0.243 e. The van der Waals surface area contributed by atoms with Gasteiger partial charge in [-0.1, -0.05) is 18.2 Å². The third-order valence-corrected chi connectivity index (χ3v) is 3.45. The number of ether oxygens (including phenoxy) is 1. The summed E-state index contributed by atoms with van der Waals surface area (Å²) in [6, 6.07) is 6.93. The number of para-hydroxylation sites is 1. The summed E-state index contributed by atoms with van der Waals surface area (Å²) in [5.41, 5.74) is 2.10. The first-order valence-electron chi connectivity index (χ1n) is 7.03. The standard InChI is InChI=1S/C15H21N3O3/c1-10(14(19)16-7-8-21-2)17-15(20)13-9-11-5-3-4-6-12(11)18-13/h3-6,10,13,18H,7-9H2,1-2H3,(H,16,19)(H,17,20)/t10?,13-/m0/s1. The van der Waals surface area contributed by atoms with Gasteiger partial charge in [-0.15, -0.1) is 0 Å². The van der Waals surface area contributed by atoms with Gasteiger partial charge in [0, 0.05) is 25.8 Å². The van der Waals surface area contributed by atoms with Crippen LogP contribution in [-0.4, -0.2) is 44.2 Å². The molecule has 1 heterocycles. The van der Waals surface area contributed by atoms with Crippen LogP contribution in [0.3, 0.4) is 0 Å². The first-order chi connectivity index (χ1) is 10.1. The molecule has 0 saturated carbocycles. The molecule has 0 saturated heterocycles. The van der Waals surface area contributed by atoms with Crippen molar-refractivity contribution in [1.82, 2.24) is 10.6 Å². The van der Waals surface area contributed by atoms with Crippen LogP contribution < -0.4 is 16.0 Å². The van der Waals surface area contributed by atoms with E-state index < -0.39 is 6.04 Å². The highest BCUT2D eigenvalue weighted by molar-refractivity contribution is 5.92. The van der Waals surface area contributed by atoms with Gasteiger partial charge in [0.05, 0.1) is 6.61 Å². The summed E-state index contributed by atoms with van der Waals surface area (Å²) in [4.78, 5) is 24.0. The van der Waals surface area contributed by atoms with Crippen molar-refractivity contribution in [3.05, 3.63) is 29.8 Å². The normalized spacial score (nSPS) is 17.5. The van der Waals surface area contributed by atoms with Crippen molar-refractivity contribution in [2.75, 3.05) is 25.6 Å². The monoisotopic (exact) mass is 291 g/mol. The van der Waals surface area contributed by atoms with Crippen molar-refractivity contribution >= 4 is 17.5 Å². The molecule has 1 aliphatic heterocycles. The highest BCUT2D eigenvalue weighted by Crippen LogP contribution is 2.25. The zero-order chi connectivity index (χ0) is 15.2. The Kier molecular flexibility index (Phi) is 5.16. The molecule has 1 aromatic carbocycles. The van der Waals surface area contributed by atoms with Crippen LogP contribution in [0.2, 0.25) is 0 Å². The average Bonchev–Trinajstić information content (AvgIpc) is 2.91. The summed E-state index contributed by atoms with van der Waals surface area (Å²) >= 11 is 0. The number of amides is 2. The van der Waals surface area contributed by atoms with Crippen LogP contribution >= 0.6 is 0 Å². The second-order valence-corrected chi connectivity index (χ2v) is 5.07. The predicted molar refractivity (Wildman–Crippen MR) is 80.0 cm³/mol. The molecule has 1 aliphatic rings. The zero-order valence-corrected chi connectivity index (χ0v) is 12.3. The van der Waals surface area contributed by atoms with Gasteiger partial charge in [-0.25, -0.2) is 0 Å². The van der Waals surface area contributed by atoms with Gasteiger partial charge in [-0.2, -0.15) is 0 Å². The Morgan fingerprint density at radius 3 is 2.90 bits per heavy atom. The number of methoxy groups -OCH3 is 1. The summed E-state index contributed by atoms with van der Waals surface area (Å²) in [6.45, 7) is 2.55. The lowest BCUT2D eigenvalue weighted by Crippen LogP contribution is -2.49. The summed E-state index contributed by atoms with van der Waals surface area (Å²) in [5.74, 6) is -0.378. The Labute approximate surface area is 124 Å². The van der Waals surface area contributed by atoms with Gasteiger partial charge >= 0.3 is 0 Å². The van der Waals surface area contributed by atoms with Crippen molar-refractivity contribution in [2.45, 2.75) is 25.4 Å². The van der Waals surface area contributed by atoms with E-state index in [0.717, 1.165) is 11.3 Å². The number of carbonyl (C=O) groups excluding carboxylic acids is 2. The van der Waals surface area contributed by atoms with Gasteiger partial charge in [-0.3, -0.25) is 9.59 Å². The first kappa shape index (κ1) is 15.3. The van der Waals surface area contributed by atoms with Crippen LogP contribution in [0.1, 0.15) is 12.5 Å². The number of nitrogens with one attached hydrogen (secondary N) is 3. The lowest BCUT2D eigenvalue weighted by atomic mass is 10.1. The van der Waals surface area contributed by atoms with E-state index in [9.17, 15) is 9.59 Å². The van der Waals surface area contributed by atoms with Crippen LogP contribution in [0.15, 0.2) is 24.3 Å². The predicted octanol–water partition coefficient (Wildman–Crippen LogP) is 0.291. The van der Waals surface area contributed by atoms with Gasteiger partial charge in [0.1, 0.15) is 12.1 Å². The van der Waals surface area contributed by atoms with Crippen molar-refractivity contribution in [3.8, 4) is 0 Å². The van der Waals surface area contributed by atoms with Crippen LogP contribution in [0.25, 0.3) is 0 Å². The third kappa shape index (κ3) is 3.95. The van der Waals surface area contributed by atoms with E-state index in [1.54, 1.807) is 14.0 Å². The molecule has 6 heteroatoms. The SMILES string of the molecule is COCCNC(=O)C(C)NC(=O)[C@@H]1Cc2ccccc2N1. The van der Waals surface area contributed by atoms with Gasteiger partial charge < -0.3 is 20.7 Å². The highest BCUT2D eigenvalue weighted by Gasteiger charge is 2.28. The van der Waals surface area contributed by atoms with E-state index >= 15 is 0 Å². The van der Waals surface area contributed by atoms with E-state index in [4.69, 9.17) is 4.74 Å². The average molecular weight is 291 g/mol. The van der Waals surface area contributed by atoms with E-state index in [2.05, 4.69) is 16.0 Å². The van der Waals surface area contributed by atoms with Crippen LogP contribution in [-0.2, 0) is 20.7 Å². The molecule has 1 aromatic rings. The van der Waals surface area contributed by atoms with E-state index in [1.165, 1.54) is 0 Å². The zero-order valence-electron chi connectivity index (χ0n) is 12.3. The molecule has 2 amide bonds. The number of rotatable bonds is 6. The molecule has 0 bridgehead atoms. The summed E-state index contributed by atoms with van der Waals surface area (Å²) in [7, 11) is 1.57. The number of fused-ring (bicyclic) bond motifs is 1. The van der Waals surface area contributed by atoms with Gasteiger partial charge in [0.15, 0.2) is 0 Å². The highest BCUT2D eigenvalue weighted by atomic mass is 16.5. The first-order valence-corrected chi connectivity index (χ1v) is 7.03. The number of carbonyl (C=O) groups is 2. The minimum atomic E-state index is -0.570. The molecule has 0 aliphatic carbocycles. The third-order valence-electron chi connectivity index (χ3n) is 3.45. The van der Waals surface area contributed by atoms with Crippen LogP contribution in [0, 0.1) is 0 Å².